The Morgan fingerprint density at radius 1 is 0.440 bits per heavy atom. The summed E-state index contributed by atoms with van der Waals surface area (Å²) in [6.45, 7) is 14.0. The number of aromatic amines is 2. The maximum Gasteiger partial charge on any atom is 0.326 e. The largest absolute Gasteiger partial charge is 0.481 e. The standard InChI is InChI=1S/C77H120N22O26/c1-11-37(8)60(73(120)92-49(77(124)125)28-58(108)109)96-68(115)46(24-41-30-82-34-85-41)86-55(103)31-83-63(110)45(23-40-29-81-33-84-40)88-66(113)47(26-54(80)102)89-67(114)48(27-57(106)107)91-71(118)52-17-15-21-99(52)76(123)62(39(10)13-3)97-69(116)50(32-100)93-72(119)59(36(6)7)94-74(121)61(38(9)12-2)95-64(111)43(18-19-56(104)105)87-65(112)44(22-35(4)5)90-70(117)51-16-14-20-98(51)75(122)42(78)25-53(79)101/h29-30,33-39,42-52,59-62,100H,11-28,31-32,78H2,1-10H3,(H2,79,101)(H2,80,102)(H,81,84)(H,82,85)(H,83,110)(H,86,103)(H,87,112)(H,88,113)(H,89,114)(H,90,117)(H,91,118)(H,92,120)(H,93,119)(H,94,121)(H,95,111)(H,96,115)(H,97,116)(H,104,105)(H,106,107)(H,108,109)(H,124,125)/t37-,38-,39-,42-,43-,44-,45-,46-,47-,48-,49-,50-,51-,52-,59-,60-,61-,62-/m0/s1. The Morgan fingerprint density at radius 2 is 0.832 bits per heavy atom. The molecule has 125 heavy (non-hydrogen) atoms. The topological polar surface area (TPSA) is 758 Å². The first-order chi connectivity index (χ1) is 58.7. The van der Waals surface area contributed by atoms with Gasteiger partial charge in [-0.25, -0.2) is 14.8 Å². The molecule has 0 radical (unpaired) electrons. The molecule has 0 aromatic carbocycles. The van der Waals surface area contributed by atoms with Crippen molar-refractivity contribution in [3.05, 3.63) is 36.4 Å². The highest BCUT2D eigenvalue weighted by atomic mass is 16.4. The number of carbonyl (C=O) groups excluding carboxylic acids is 17. The third-order valence-corrected chi connectivity index (χ3v) is 21.2. The lowest BCUT2D eigenvalue weighted by molar-refractivity contribution is -0.147. The van der Waals surface area contributed by atoms with Crippen molar-refractivity contribution in [2.75, 3.05) is 26.2 Å². The normalized spacial score (nSPS) is 17.5. The number of hydrogen-bond acceptors (Lipinski definition) is 25. The summed E-state index contributed by atoms with van der Waals surface area (Å²) in [5.41, 5.74) is 17.1. The predicted molar refractivity (Wildman–Crippen MR) is 435 cm³/mol. The number of H-pyrrole nitrogens is 2. The molecule has 0 saturated carbocycles. The molecule has 2 aliphatic rings. The third kappa shape index (κ3) is 33.4. The van der Waals surface area contributed by atoms with Crippen molar-refractivity contribution < 1.29 is 126 Å². The predicted octanol–water partition coefficient (Wildman–Crippen LogP) is -7.36. The number of rotatable bonds is 54. The summed E-state index contributed by atoms with van der Waals surface area (Å²) in [5, 5.41) is 80.6. The summed E-state index contributed by atoms with van der Waals surface area (Å²) in [4.78, 5) is 299. The van der Waals surface area contributed by atoms with Crippen LogP contribution in [0.5, 0.6) is 0 Å². The smallest absolute Gasteiger partial charge is 0.326 e. The van der Waals surface area contributed by atoms with Crippen molar-refractivity contribution in [2.45, 2.75) is 263 Å². The number of aliphatic carboxylic acids is 4. The second-order valence-electron chi connectivity index (χ2n) is 31.8. The molecule has 694 valence electrons. The summed E-state index contributed by atoms with van der Waals surface area (Å²) in [7, 11) is 0. The highest BCUT2D eigenvalue weighted by Crippen LogP contribution is 2.24. The zero-order valence-electron chi connectivity index (χ0n) is 71.3. The molecule has 2 aromatic rings. The van der Waals surface area contributed by atoms with Crippen LogP contribution in [0, 0.1) is 29.6 Å². The first-order valence-corrected chi connectivity index (χ1v) is 41.0. The van der Waals surface area contributed by atoms with Gasteiger partial charge in [0.15, 0.2) is 0 Å². The number of primary amides is 2. The van der Waals surface area contributed by atoms with Crippen LogP contribution in [0.4, 0.5) is 0 Å². The van der Waals surface area contributed by atoms with Crippen LogP contribution in [0.1, 0.15) is 171 Å². The number of likely N-dealkylation sites (tertiary alicyclic amines) is 2. The van der Waals surface area contributed by atoms with Gasteiger partial charge in [0.1, 0.15) is 84.6 Å². The monoisotopic (exact) mass is 1770 g/mol. The number of nitrogens with one attached hydrogen (secondary N) is 15. The number of nitrogens with zero attached hydrogens (tertiary/aromatic N) is 4. The molecule has 0 spiro atoms. The second kappa shape index (κ2) is 50.7. The van der Waals surface area contributed by atoms with E-state index in [1.165, 1.54) is 50.7 Å². The van der Waals surface area contributed by atoms with Gasteiger partial charge in [0.05, 0.1) is 57.5 Å². The summed E-state index contributed by atoms with van der Waals surface area (Å²) in [6.07, 6.45) is 0.498. The second-order valence-corrected chi connectivity index (χ2v) is 31.8. The van der Waals surface area contributed by atoms with Gasteiger partial charge in [-0.05, 0) is 68.1 Å². The Morgan fingerprint density at radius 3 is 1.29 bits per heavy atom. The first kappa shape index (κ1) is 105. The van der Waals surface area contributed by atoms with Crippen LogP contribution in [-0.2, 0) is 114 Å². The first-order valence-electron chi connectivity index (χ1n) is 41.0. The molecule has 26 N–H and O–H groups in total. The lowest BCUT2D eigenvalue weighted by Crippen LogP contribution is -2.63. The molecule has 0 bridgehead atoms. The Balaban J connectivity index is 1.50. The zero-order valence-corrected chi connectivity index (χ0v) is 71.3. The van der Waals surface area contributed by atoms with E-state index in [-0.39, 0.29) is 81.8 Å². The molecular formula is C77H120N22O26. The number of carbonyl (C=O) groups is 21. The number of aliphatic hydroxyl groups is 1. The molecule has 0 aliphatic carbocycles. The Bertz CT molecular complexity index is 4150. The third-order valence-electron chi connectivity index (χ3n) is 21.2. The van der Waals surface area contributed by atoms with Gasteiger partial charge in [0.25, 0.3) is 0 Å². The van der Waals surface area contributed by atoms with Crippen molar-refractivity contribution in [3.8, 4) is 0 Å². The zero-order chi connectivity index (χ0) is 94.0. The van der Waals surface area contributed by atoms with E-state index < -0.39 is 297 Å². The van der Waals surface area contributed by atoms with Crippen LogP contribution < -0.4 is 86.3 Å². The lowest BCUT2D eigenvalue weighted by Gasteiger charge is -2.33. The molecule has 2 fully saturated rings. The summed E-state index contributed by atoms with van der Waals surface area (Å²) in [6, 6.07) is -24.1. The van der Waals surface area contributed by atoms with E-state index in [1.54, 1.807) is 48.5 Å². The highest BCUT2D eigenvalue weighted by Gasteiger charge is 2.45. The molecule has 2 saturated heterocycles. The van der Waals surface area contributed by atoms with E-state index >= 15 is 0 Å². The minimum atomic E-state index is -2.09. The van der Waals surface area contributed by atoms with E-state index in [1.807, 2.05) is 0 Å². The van der Waals surface area contributed by atoms with E-state index in [0.29, 0.717) is 6.42 Å². The van der Waals surface area contributed by atoms with E-state index in [2.05, 4.69) is 89.1 Å². The average molecular weight is 1770 g/mol. The number of carboxylic acid groups (broad SMARTS) is 4. The van der Waals surface area contributed by atoms with Gasteiger partial charge in [-0.15, -0.1) is 0 Å². The Kier molecular flexibility index (Phi) is 42.4. The van der Waals surface area contributed by atoms with Gasteiger partial charge in [0.2, 0.25) is 100 Å². The number of hydrogen-bond donors (Lipinski definition) is 23. The Hall–Kier alpha value is -12.8. The molecular weight excluding hydrogens is 1650 g/mol. The number of imidazole rings is 2. The fraction of sp³-hybridized carbons (Fsp3) is 0.649. The minimum Gasteiger partial charge on any atom is -0.481 e. The fourth-order valence-corrected chi connectivity index (χ4v) is 13.6. The minimum absolute atomic E-state index is 0.0147. The van der Waals surface area contributed by atoms with Crippen molar-refractivity contribution in [1.82, 2.24) is 98.9 Å². The van der Waals surface area contributed by atoms with Crippen molar-refractivity contribution in [1.29, 1.82) is 0 Å². The molecule has 0 unspecified atom stereocenters. The van der Waals surface area contributed by atoms with Gasteiger partial charge >= 0.3 is 23.9 Å². The Labute approximate surface area is 718 Å². The fourth-order valence-electron chi connectivity index (χ4n) is 13.6. The molecule has 48 heteroatoms. The van der Waals surface area contributed by atoms with Crippen LogP contribution in [0.3, 0.4) is 0 Å². The molecule has 4 heterocycles. The maximum atomic E-state index is 14.8. The van der Waals surface area contributed by atoms with Crippen LogP contribution >= 0.6 is 0 Å². The van der Waals surface area contributed by atoms with Crippen molar-refractivity contribution in [2.24, 2.45) is 46.8 Å². The number of aliphatic hydroxyl groups excluding tert-OH is 1. The molecule has 4 rings (SSSR count). The van der Waals surface area contributed by atoms with Gasteiger partial charge in [-0.2, -0.15) is 0 Å². The number of aromatic nitrogens is 4. The number of carboxylic acids is 4. The van der Waals surface area contributed by atoms with Gasteiger partial charge in [0, 0.05) is 56.1 Å². The summed E-state index contributed by atoms with van der Waals surface area (Å²) >= 11 is 0. The molecule has 2 aliphatic heterocycles. The van der Waals surface area contributed by atoms with Crippen LogP contribution in [-0.4, -0.2) is 296 Å². The SMILES string of the molecule is CC[C@H](C)[C@H](NC(=O)[C@H](Cc1cnc[nH]1)NC(=O)CNC(=O)[C@H](Cc1cnc[nH]1)NC(=O)[C@H](CC(N)=O)NC(=O)[C@H](CC(=O)O)NC(=O)[C@@H]1CCCN1C(=O)[C@@H](NC(=O)[C@H](CO)NC(=O)[C@@H](NC(=O)[C@@H](NC(=O)[C@H](CCC(=O)O)NC(=O)[C@H](CC(C)C)NC(=O)[C@@H]1CCCN1C(=O)[C@@H](N)CC(N)=O)[C@@H](C)CC)C(C)C)[C@@H](C)CC)C(=O)N[C@@H](CC(=O)O)C(=O)O. The molecule has 17 amide bonds. The molecule has 2 aromatic heterocycles. The van der Waals surface area contributed by atoms with E-state index in [9.17, 15) is 126 Å². The van der Waals surface area contributed by atoms with Gasteiger partial charge in [-0.1, -0.05) is 88.5 Å². The van der Waals surface area contributed by atoms with Crippen LogP contribution in [0.2, 0.25) is 0 Å². The maximum absolute atomic E-state index is 14.8. The quantitative estimate of drug-likeness (QED) is 0.0293. The van der Waals surface area contributed by atoms with Gasteiger partial charge in [-0.3, -0.25) is 95.9 Å². The lowest BCUT2D eigenvalue weighted by atomic mass is 9.95. The van der Waals surface area contributed by atoms with Crippen molar-refractivity contribution in [3.63, 3.8) is 0 Å². The average Bonchev–Trinajstić information content (AvgIpc) is 1.59. The van der Waals surface area contributed by atoms with E-state index in [4.69, 9.17) is 17.2 Å². The van der Waals surface area contributed by atoms with Gasteiger partial charge < -0.3 is 132 Å². The number of amides is 17. The highest BCUT2D eigenvalue weighted by molar-refractivity contribution is 6.02. The molecule has 18 atom stereocenters. The molecule has 48 nitrogen and oxygen atoms in total. The van der Waals surface area contributed by atoms with E-state index in [0.717, 1.165) is 4.90 Å². The summed E-state index contributed by atoms with van der Waals surface area (Å²) < 4.78 is 0. The number of nitrogens with two attached hydrogens (primary N) is 3. The van der Waals surface area contributed by atoms with Crippen molar-refractivity contribution >= 4 is 124 Å². The van der Waals surface area contributed by atoms with Crippen LogP contribution in [0.25, 0.3) is 0 Å². The van der Waals surface area contributed by atoms with Crippen LogP contribution in [0.15, 0.2) is 25.0 Å². The summed E-state index contributed by atoms with van der Waals surface area (Å²) in [5.74, 6) is -27.2.